The molecule has 0 saturated heterocycles. The molecule has 0 spiro atoms. The number of rotatable bonds is 4. The van der Waals surface area contributed by atoms with Crippen molar-refractivity contribution >= 4 is 39.1 Å². The smallest absolute Gasteiger partial charge is 0.341 e. The highest BCUT2D eigenvalue weighted by Crippen LogP contribution is 2.40. The van der Waals surface area contributed by atoms with Crippen molar-refractivity contribution in [1.29, 1.82) is 0 Å². The molecule has 1 aliphatic carbocycles. The normalized spacial score (nSPS) is 12.7. The van der Waals surface area contributed by atoms with Crippen LogP contribution >= 0.6 is 11.3 Å². The summed E-state index contributed by atoms with van der Waals surface area (Å²) in [5, 5.41) is 4.24. The number of hydrogen-bond acceptors (Lipinski definition) is 6. The number of thiophene rings is 1. The van der Waals surface area contributed by atoms with E-state index in [0.29, 0.717) is 33.1 Å². The quantitative estimate of drug-likeness (QED) is 0.437. The zero-order valence-corrected chi connectivity index (χ0v) is 18.0. The van der Waals surface area contributed by atoms with E-state index in [2.05, 4.69) is 10.3 Å². The summed E-state index contributed by atoms with van der Waals surface area (Å²) in [6.07, 6.45) is 2.76. The molecule has 0 saturated carbocycles. The number of fused-ring (bicyclic) bond motifs is 2. The van der Waals surface area contributed by atoms with E-state index >= 15 is 0 Å². The molecule has 5 rings (SSSR count). The number of methoxy groups -OCH3 is 1. The molecule has 0 atom stereocenters. The topological polar surface area (TPSA) is 81.4 Å². The van der Waals surface area contributed by atoms with Gasteiger partial charge in [0.15, 0.2) is 5.76 Å². The lowest BCUT2D eigenvalue weighted by molar-refractivity contribution is 0.0601. The lowest BCUT2D eigenvalue weighted by Crippen LogP contribution is -2.15. The van der Waals surface area contributed by atoms with E-state index in [1.54, 1.807) is 6.07 Å². The van der Waals surface area contributed by atoms with E-state index in [1.165, 1.54) is 18.4 Å². The van der Waals surface area contributed by atoms with Gasteiger partial charge in [-0.25, -0.2) is 9.78 Å². The standard InChI is InChI=1S/C24H20N2O4S/c1-13-10-11-19(30-13)18-12-16(14-6-3-4-8-17(14)25-18)22(27)26-23-21(24(28)29-2)15-7-5-9-20(15)31-23/h3-4,6,8,10-12H,5,7,9H2,1-2H3,(H,26,27). The van der Waals surface area contributed by atoms with E-state index in [9.17, 15) is 9.59 Å². The lowest BCUT2D eigenvalue weighted by Gasteiger charge is -2.10. The van der Waals surface area contributed by atoms with Gasteiger partial charge in [0.1, 0.15) is 16.5 Å². The SMILES string of the molecule is COC(=O)c1c(NC(=O)c2cc(-c3ccc(C)o3)nc3ccccc23)sc2c1CCC2. The number of hydrogen-bond donors (Lipinski definition) is 1. The minimum atomic E-state index is -0.416. The summed E-state index contributed by atoms with van der Waals surface area (Å²) in [4.78, 5) is 31.6. The van der Waals surface area contributed by atoms with E-state index in [-0.39, 0.29) is 5.91 Å². The fraction of sp³-hybridized carbons (Fsp3) is 0.208. The van der Waals surface area contributed by atoms with E-state index in [0.717, 1.165) is 40.8 Å². The van der Waals surface area contributed by atoms with Gasteiger partial charge in [0.05, 0.1) is 23.8 Å². The minimum absolute atomic E-state index is 0.298. The predicted molar refractivity (Wildman–Crippen MR) is 120 cm³/mol. The van der Waals surface area contributed by atoms with Crippen LogP contribution in [0.4, 0.5) is 5.00 Å². The minimum Gasteiger partial charge on any atom is -0.465 e. The summed E-state index contributed by atoms with van der Waals surface area (Å²) in [5.74, 6) is 0.656. The molecular formula is C24H20N2O4S. The second-order valence-electron chi connectivity index (χ2n) is 7.49. The molecule has 0 bridgehead atoms. The van der Waals surface area contributed by atoms with Crippen molar-refractivity contribution in [2.24, 2.45) is 0 Å². The van der Waals surface area contributed by atoms with Gasteiger partial charge >= 0.3 is 5.97 Å². The number of nitrogens with one attached hydrogen (secondary N) is 1. The Morgan fingerprint density at radius 3 is 2.77 bits per heavy atom. The van der Waals surface area contributed by atoms with Crippen LogP contribution in [0.3, 0.4) is 0 Å². The Hall–Kier alpha value is -3.45. The van der Waals surface area contributed by atoms with Crippen molar-refractivity contribution in [1.82, 2.24) is 4.98 Å². The third-order valence-electron chi connectivity index (χ3n) is 5.49. The van der Waals surface area contributed by atoms with Gasteiger partial charge in [0.2, 0.25) is 0 Å². The molecule has 3 aromatic heterocycles. The van der Waals surface area contributed by atoms with Gasteiger partial charge in [-0.3, -0.25) is 4.79 Å². The number of para-hydroxylation sites is 1. The van der Waals surface area contributed by atoms with Gasteiger partial charge in [-0.1, -0.05) is 18.2 Å². The molecule has 1 amide bonds. The second-order valence-corrected chi connectivity index (χ2v) is 8.59. The van der Waals surface area contributed by atoms with Crippen molar-refractivity contribution in [2.75, 3.05) is 12.4 Å². The van der Waals surface area contributed by atoms with E-state index in [4.69, 9.17) is 9.15 Å². The second kappa shape index (κ2) is 7.67. The fourth-order valence-electron chi connectivity index (χ4n) is 4.04. The van der Waals surface area contributed by atoms with Crippen molar-refractivity contribution in [3.8, 4) is 11.5 Å². The molecule has 0 aliphatic heterocycles. The number of pyridine rings is 1. The number of nitrogens with zero attached hydrogens (tertiary/aromatic N) is 1. The molecule has 156 valence electrons. The monoisotopic (exact) mass is 432 g/mol. The highest BCUT2D eigenvalue weighted by molar-refractivity contribution is 7.17. The average molecular weight is 433 g/mol. The summed E-state index contributed by atoms with van der Waals surface area (Å²) < 4.78 is 10.7. The Balaban J connectivity index is 1.59. The average Bonchev–Trinajstić information content (AvgIpc) is 3.48. The molecule has 0 unspecified atom stereocenters. The lowest BCUT2D eigenvalue weighted by atomic mass is 10.1. The van der Waals surface area contributed by atoms with Crippen LogP contribution in [-0.2, 0) is 17.6 Å². The van der Waals surface area contributed by atoms with Gasteiger partial charge in [-0.15, -0.1) is 11.3 Å². The first-order valence-corrected chi connectivity index (χ1v) is 10.9. The maximum absolute atomic E-state index is 13.4. The summed E-state index contributed by atoms with van der Waals surface area (Å²) >= 11 is 1.46. The number of esters is 1. The maximum atomic E-state index is 13.4. The van der Waals surface area contributed by atoms with Crippen LogP contribution in [0.2, 0.25) is 0 Å². The van der Waals surface area contributed by atoms with Gasteiger partial charge in [0, 0.05) is 10.3 Å². The molecule has 7 heteroatoms. The van der Waals surface area contributed by atoms with Crippen molar-refractivity contribution < 1.29 is 18.7 Å². The van der Waals surface area contributed by atoms with Crippen LogP contribution in [-0.4, -0.2) is 24.0 Å². The molecule has 6 nitrogen and oxygen atoms in total. The molecule has 3 heterocycles. The Morgan fingerprint density at radius 2 is 2.00 bits per heavy atom. The predicted octanol–water partition coefficient (Wildman–Crippen LogP) is 5.39. The van der Waals surface area contributed by atoms with Crippen LogP contribution in [0.25, 0.3) is 22.4 Å². The van der Waals surface area contributed by atoms with Gasteiger partial charge in [-0.05, 0) is 56.0 Å². The third kappa shape index (κ3) is 3.41. The first kappa shape index (κ1) is 19.5. The molecular weight excluding hydrogens is 412 g/mol. The number of amides is 1. The molecule has 0 fully saturated rings. The Bertz CT molecular complexity index is 1330. The Kier molecular flexibility index (Phi) is 4.82. The molecule has 0 radical (unpaired) electrons. The number of aromatic nitrogens is 1. The van der Waals surface area contributed by atoms with Gasteiger partial charge in [0.25, 0.3) is 5.91 Å². The van der Waals surface area contributed by atoms with Crippen LogP contribution in [0.1, 0.15) is 43.3 Å². The number of carbonyl (C=O) groups is 2. The number of anilines is 1. The Labute approximate surface area is 182 Å². The third-order valence-corrected chi connectivity index (χ3v) is 6.70. The molecule has 1 aromatic carbocycles. The van der Waals surface area contributed by atoms with Crippen LogP contribution in [0.5, 0.6) is 0 Å². The zero-order chi connectivity index (χ0) is 21.5. The number of aryl methyl sites for hydroxylation is 2. The molecule has 4 aromatic rings. The van der Waals surface area contributed by atoms with Crippen molar-refractivity contribution in [2.45, 2.75) is 26.2 Å². The van der Waals surface area contributed by atoms with Crippen LogP contribution in [0.15, 0.2) is 46.9 Å². The largest absolute Gasteiger partial charge is 0.465 e. The first-order valence-electron chi connectivity index (χ1n) is 10.1. The molecule has 1 aliphatic rings. The first-order chi connectivity index (χ1) is 15.0. The zero-order valence-electron chi connectivity index (χ0n) is 17.2. The number of ether oxygens (including phenoxy) is 1. The Morgan fingerprint density at radius 1 is 1.16 bits per heavy atom. The molecule has 31 heavy (non-hydrogen) atoms. The summed E-state index contributed by atoms with van der Waals surface area (Å²) in [5.41, 5.74) is 3.23. The fourth-order valence-corrected chi connectivity index (χ4v) is 5.31. The van der Waals surface area contributed by atoms with Gasteiger partial charge < -0.3 is 14.5 Å². The van der Waals surface area contributed by atoms with Crippen molar-refractivity contribution in [3.05, 3.63) is 69.8 Å². The summed E-state index contributed by atoms with van der Waals surface area (Å²) in [7, 11) is 1.36. The summed E-state index contributed by atoms with van der Waals surface area (Å²) in [6, 6.07) is 12.9. The summed E-state index contributed by atoms with van der Waals surface area (Å²) in [6.45, 7) is 1.86. The maximum Gasteiger partial charge on any atom is 0.341 e. The van der Waals surface area contributed by atoms with E-state index in [1.807, 2.05) is 43.3 Å². The highest BCUT2D eigenvalue weighted by Gasteiger charge is 2.28. The van der Waals surface area contributed by atoms with Crippen molar-refractivity contribution in [3.63, 3.8) is 0 Å². The van der Waals surface area contributed by atoms with Crippen LogP contribution in [0, 0.1) is 6.92 Å². The number of furan rings is 1. The van der Waals surface area contributed by atoms with Crippen LogP contribution < -0.4 is 5.32 Å². The van der Waals surface area contributed by atoms with Gasteiger partial charge in [-0.2, -0.15) is 0 Å². The number of benzene rings is 1. The highest BCUT2D eigenvalue weighted by atomic mass is 32.1. The van der Waals surface area contributed by atoms with E-state index < -0.39 is 5.97 Å². The number of carbonyl (C=O) groups excluding carboxylic acids is 2. The molecule has 1 N–H and O–H groups in total.